The topological polar surface area (TPSA) is 60.2 Å². The summed E-state index contributed by atoms with van der Waals surface area (Å²) in [4.78, 5) is 9.59. The maximum atomic E-state index is 6.14. The SMILES string of the molecule is CNc1nc(-c2ccccc2)nc2c1CCOc1c-2oc2ccccc12. The van der Waals surface area contributed by atoms with E-state index in [0.717, 1.165) is 45.8 Å². The van der Waals surface area contributed by atoms with Crippen molar-refractivity contribution in [2.45, 2.75) is 6.42 Å². The normalized spacial score (nSPS) is 12.8. The lowest BCUT2D eigenvalue weighted by Crippen LogP contribution is -2.07. The van der Waals surface area contributed by atoms with E-state index >= 15 is 0 Å². The Balaban J connectivity index is 1.81. The molecule has 0 aliphatic carbocycles. The highest BCUT2D eigenvalue weighted by Gasteiger charge is 2.27. The Kier molecular flexibility index (Phi) is 3.38. The number of fused-ring (bicyclic) bond motifs is 5. The van der Waals surface area contributed by atoms with Gasteiger partial charge in [-0.1, -0.05) is 42.5 Å². The van der Waals surface area contributed by atoms with Crippen LogP contribution in [0.25, 0.3) is 33.8 Å². The number of nitrogens with zero attached hydrogens (tertiary/aromatic N) is 2. The molecule has 0 spiro atoms. The second-order valence-electron chi connectivity index (χ2n) is 6.19. The zero-order valence-electron chi connectivity index (χ0n) is 14.3. The molecule has 0 amide bonds. The van der Waals surface area contributed by atoms with Crippen LogP contribution in [0, 0.1) is 0 Å². The third-order valence-corrected chi connectivity index (χ3v) is 4.64. The fraction of sp³-hybridized carbons (Fsp3) is 0.143. The number of furan rings is 1. The minimum atomic E-state index is 0.562. The number of hydrogen-bond donors (Lipinski definition) is 1. The van der Waals surface area contributed by atoms with Crippen molar-refractivity contribution < 1.29 is 9.15 Å². The van der Waals surface area contributed by atoms with E-state index in [2.05, 4.69) is 5.32 Å². The molecule has 0 fully saturated rings. The minimum Gasteiger partial charge on any atom is -0.488 e. The Morgan fingerprint density at radius 3 is 2.62 bits per heavy atom. The van der Waals surface area contributed by atoms with Gasteiger partial charge in [-0.2, -0.15) is 0 Å². The molecule has 1 aliphatic heterocycles. The van der Waals surface area contributed by atoms with Crippen LogP contribution in [0.5, 0.6) is 5.75 Å². The van der Waals surface area contributed by atoms with E-state index in [9.17, 15) is 0 Å². The molecule has 5 rings (SSSR count). The van der Waals surface area contributed by atoms with Gasteiger partial charge in [0, 0.05) is 24.6 Å². The summed E-state index contributed by atoms with van der Waals surface area (Å²) < 4.78 is 12.2. The predicted octanol–water partition coefficient (Wildman–Crippen LogP) is 4.53. The van der Waals surface area contributed by atoms with Gasteiger partial charge in [0.15, 0.2) is 17.3 Å². The van der Waals surface area contributed by atoms with E-state index < -0.39 is 0 Å². The zero-order valence-corrected chi connectivity index (χ0v) is 14.3. The first-order valence-electron chi connectivity index (χ1n) is 8.64. The van der Waals surface area contributed by atoms with Gasteiger partial charge in [-0.3, -0.25) is 0 Å². The highest BCUT2D eigenvalue weighted by Crippen LogP contribution is 2.43. The van der Waals surface area contributed by atoms with Gasteiger partial charge in [-0.25, -0.2) is 9.97 Å². The van der Waals surface area contributed by atoms with Crippen molar-refractivity contribution in [1.82, 2.24) is 9.97 Å². The monoisotopic (exact) mass is 343 g/mol. The Hall–Kier alpha value is -3.34. The predicted molar refractivity (Wildman–Crippen MR) is 101 cm³/mol. The lowest BCUT2D eigenvalue weighted by Gasteiger charge is -2.12. The molecule has 2 aromatic carbocycles. The highest BCUT2D eigenvalue weighted by molar-refractivity contribution is 5.92. The summed E-state index contributed by atoms with van der Waals surface area (Å²) in [5.41, 5.74) is 3.59. The van der Waals surface area contributed by atoms with Gasteiger partial charge in [0.05, 0.1) is 12.0 Å². The number of aromatic nitrogens is 2. The standard InChI is InChI=1S/C21H17N3O2/c1-22-21-15-11-12-25-18-14-9-5-6-10-16(14)26-19(18)17(15)23-20(24-21)13-7-3-2-4-8-13/h2-10H,11-12H2,1H3,(H,22,23,24). The van der Waals surface area contributed by atoms with Crippen molar-refractivity contribution in [3.8, 4) is 28.6 Å². The summed E-state index contributed by atoms with van der Waals surface area (Å²) in [5, 5.41) is 4.18. The van der Waals surface area contributed by atoms with E-state index in [0.29, 0.717) is 18.2 Å². The zero-order chi connectivity index (χ0) is 17.5. The Bertz CT molecular complexity index is 1100. The molecule has 128 valence electrons. The molecule has 0 atom stereocenters. The van der Waals surface area contributed by atoms with Crippen LogP contribution in [0.4, 0.5) is 5.82 Å². The number of hydrogen-bond acceptors (Lipinski definition) is 5. The summed E-state index contributed by atoms with van der Waals surface area (Å²) in [6.07, 6.45) is 0.721. The van der Waals surface area contributed by atoms with Gasteiger partial charge in [0.25, 0.3) is 0 Å². The molecule has 0 saturated heterocycles. The maximum absolute atomic E-state index is 6.14. The van der Waals surface area contributed by atoms with Crippen molar-refractivity contribution in [3.63, 3.8) is 0 Å². The molecule has 0 saturated carbocycles. The molecular formula is C21H17N3O2. The van der Waals surface area contributed by atoms with Gasteiger partial charge in [-0.05, 0) is 12.1 Å². The third-order valence-electron chi connectivity index (χ3n) is 4.64. The molecule has 5 heteroatoms. The molecule has 5 nitrogen and oxygen atoms in total. The van der Waals surface area contributed by atoms with E-state index in [4.69, 9.17) is 19.1 Å². The van der Waals surface area contributed by atoms with Gasteiger partial charge >= 0.3 is 0 Å². The van der Waals surface area contributed by atoms with Crippen LogP contribution in [0.3, 0.4) is 0 Å². The van der Waals surface area contributed by atoms with Crippen molar-refractivity contribution in [2.24, 2.45) is 0 Å². The molecule has 1 N–H and O–H groups in total. The first kappa shape index (κ1) is 15.0. The molecule has 1 aliphatic rings. The van der Waals surface area contributed by atoms with E-state index in [1.807, 2.05) is 61.6 Å². The fourth-order valence-corrected chi connectivity index (χ4v) is 3.41. The van der Waals surface area contributed by atoms with Crippen molar-refractivity contribution >= 4 is 16.8 Å². The summed E-state index contributed by atoms with van der Waals surface area (Å²) in [6.45, 7) is 0.562. The molecule has 0 unspecified atom stereocenters. The number of ether oxygens (including phenoxy) is 1. The van der Waals surface area contributed by atoms with Crippen LogP contribution in [0.2, 0.25) is 0 Å². The van der Waals surface area contributed by atoms with Gasteiger partial charge in [-0.15, -0.1) is 0 Å². The summed E-state index contributed by atoms with van der Waals surface area (Å²) in [5.74, 6) is 2.92. The summed E-state index contributed by atoms with van der Waals surface area (Å²) >= 11 is 0. The number of para-hydroxylation sites is 1. The van der Waals surface area contributed by atoms with Crippen molar-refractivity contribution in [2.75, 3.05) is 19.0 Å². The second-order valence-corrected chi connectivity index (χ2v) is 6.19. The van der Waals surface area contributed by atoms with E-state index in [1.165, 1.54) is 0 Å². The van der Waals surface area contributed by atoms with Gasteiger partial charge in [0.2, 0.25) is 0 Å². The highest BCUT2D eigenvalue weighted by atomic mass is 16.5. The summed E-state index contributed by atoms with van der Waals surface area (Å²) in [6, 6.07) is 17.9. The lowest BCUT2D eigenvalue weighted by molar-refractivity contribution is 0.327. The Labute approximate surface area is 150 Å². The number of benzene rings is 2. The largest absolute Gasteiger partial charge is 0.488 e. The molecule has 3 heterocycles. The minimum absolute atomic E-state index is 0.562. The van der Waals surface area contributed by atoms with E-state index in [1.54, 1.807) is 0 Å². The van der Waals surface area contributed by atoms with Gasteiger partial charge in [0.1, 0.15) is 17.1 Å². The van der Waals surface area contributed by atoms with Crippen molar-refractivity contribution in [1.29, 1.82) is 0 Å². The van der Waals surface area contributed by atoms with Crippen LogP contribution in [0.1, 0.15) is 5.56 Å². The van der Waals surface area contributed by atoms with Crippen LogP contribution < -0.4 is 10.1 Å². The number of anilines is 1. The molecule has 4 aromatic rings. The second kappa shape index (κ2) is 5.88. The first-order chi connectivity index (χ1) is 12.8. The molecule has 0 bridgehead atoms. The molecule has 2 aromatic heterocycles. The Morgan fingerprint density at radius 1 is 0.962 bits per heavy atom. The first-order valence-corrected chi connectivity index (χ1v) is 8.64. The number of nitrogens with one attached hydrogen (secondary N) is 1. The molecule has 26 heavy (non-hydrogen) atoms. The number of rotatable bonds is 2. The molecular weight excluding hydrogens is 326 g/mol. The van der Waals surface area contributed by atoms with Crippen LogP contribution in [-0.2, 0) is 6.42 Å². The van der Waals surface area contributed by atoms with Crippen LogP contribution in [-0.4, -0.2) is 23.6 Å². The average molecular weight is 343 g/mol. The van der Waals surface area contributed by atoms with E-state index in [-0.39, 0.29) is 0 Å². The fourth-order valence-electron chi connectivity index (χ4n) is 3.41. The smallest absolute Gasteiger partial charge is 0.196 e. The lowest BCUT2D eigenvalue weighted by atomic mass is 10.1. The van der Waals surface area contributed by atoms with Crippen molar-refractivity contribution in [3.05, 3.63) is 60.2 Å². The van der Waals surface area contributed by atoms with Gasteiger partial charge < -0.3 is 14.5 Å². The molecule has 0 radical (unpaired) electrons. The quantitative estimate of drug-likeness (QED) is 0.579. The van der Waals surface area contributed by atoms with Crippen LogP contribution in [0.15, 0.2) is 59.0 Å². The van der Waals surface area contributed by atoms with Crippen LogP contribution >= 0.6 is 0 Å². The third kappa shape index (κ3) is 2.24. The Morgan fingerprint density at radius 2 is 1.77 bits per heavy atom. The summed E-state index contributed by atoms with van der Waals surface area (Å²) in [7, 11) is 1.88. The maximum Gasteiger partial charge on any atom is 0.196 e. The average Bonchev–Trinajstić information content (AvgIpc) is 2.97.